The lowest BCUT2D eigenvalue weighted by Crippen LogP contribution is -2.41. The maximum Gasteiger partial charge on any atom is 0.230 e. The molecule has 0 N–H and O–H groups in total. The van der Waals surface area contributed by atoms with Crippen LogP contribution in [0.2, 0.25) is 0 Å². The van der Waals surface area contributed by atoms with Gasteiger partial charge in [-0.3, -0.25) is 4.79 Å². The fraction of sp³-hybridized carbons (Fsp3) is 0.450. The predicted molar refractivity (Wildman–Crippen MR) is 94.7 cm³/mol. The quantitative estimate of drug-likeness (QED) is 0.859. The van der Waals surface area contributed by atoms with Crippen LogP contribution < -0.4 is 0 Å². The van der Waals surface area contributed by atoms with Gasteiger partial charge < -0.3 is 4.90 Å². The average Bonchev–Trinajstić information content (AvgIpc) is 2.63. The van der Waals surface area contributed by atoms with Gasteiger partial charge in [-0.15, -0.1) is 0 Å². The van der Waals surface area contributed by atoms with E-state index in [1.165, 1.54) is 29.4 Å². The summed E-state index contributed by atoms with van der Waals surface area (Å²) in [6, 6.07) is 6.59. The summed E-state index contributed by atoms with van der Waals surface area (Å²) in [7, 11) is 0. The molecule has 1 aliphatic heterocycles. The maximum absolute atomic E-state index is 13.1. The van der Waals surface area contributed by atoms with Gasteiger partial charge in [-0.2, -0.15) is 0 Å². The molecule has 1 aromatic carbocycles. The highest BCUT2D eigenvalue weighted by Gasteiger charge is 2.32. The molecular weight excluding hydrogens is 298 g/mol. The van der Waals surface area contributed by atoms with E-state index in [0.717, 1.165) is 24.9 Å². The molecule has 4 heteroatoms. The summed E-state index contributed by atoms with van der Waals surface area (Å²) in [5.74, 6) is -0.0349. The van der Waals surface area contributed by atoms with Crippen molar-refractivity contribution < 1.29 is 4.79 Å². The van der Waals surface area contributed by atoms with Crippen LogP contribution >= 0.6 is 0 Å². The van der Waals surface area contributed by atoms with Crippen molar-refractivity contribution in [1.29, 1.82) is 0 Å². The highest BCUT2D eigenvalue weighted by Crippen LogP contribution is 2.35. The summed E-state index contributed by atoms with van der Waals surface area (Å²) in [6.45, 7) is 7.08. The average molecular weight is 323 g/mol. The Morgan fingerprint density at radius 3 is 2.71 bits per heavy atom. The molecule has 2 atom stereocenters. The Morgan fingerprint density at radius 1 is 1.21 bits per heavy atom. The number of hydrogen-bond acceptors (Lipinski definition) is 3. The second-order valence-corrected chi connectivity index (χ2v) is 6.73. The van der Waals surface area contributed by atoms with E-state index in [4.69, 9.17) is 0 Å². The van der Waals surface area contributed by atoms with Crippen molar-refractivity contribution in [3.05, 3.63) is 59.2 Å². The third-order valence-electron chi connectivity index (χ3n) is 5.24. The molecule has 2 heterocycles. The van der Waals surface area contributed by atoms with Crippen LogP contribution in [0.4, 0.5) is 0 Å². The largest absolute Gasteiger partial charge is 0.335 e. The molecule has 2 unspecified atom stereocenters. The number of likely N-dealkylation sites (tertiary alicyclic amines) is 1. The first-order valence-electron chi connectivity index (χ1n) is 8.71. The number of carbonyl (C=O) groups is 1. The van der Waals surface area contributed by atoms with Gasteiger partial charge in [0.1, 0.15) is 6.33 Å². The number of amides is 1. The number of carbonyl (C=O) groups excluding carboxylic acids is 1. The van der Waals surface area contributed by atoms with E-state index in [2.05, 4.69) is 46.9 Å². The second kappa shape index (κ2) is 7.12. The van der Waals surface area contributed by atoms with Crippen LogP contribution in [0.1, 0.15) is 60.4 Å². The molecule has 0 radical (unpaired) electrons. The third kappa shape index (κ3) is 3.18. The maximum atomic E-state index is 13.1. The third-order valence-corrected chi connectivity index (χ3v) is 5.24. The minimum atomic E-state index is -0.211. The molecule has 0 saturated carbocycles. The molecule has 1 aromatic heterocycles. The molecular formula is C20H25N3O. The first-order chi connectivity index (χ1) is 11.6. The summed E-state index contributed by atoms with van der Waals surface area (Å²) in [5, 5.41) is 0. The Bertz CT molecular complexity index is 714. The van der Waals surface area contributed by atoms with Gasteiger partial charge in [0.25, 0.3) is 0 Å². The van der Waals surface area contributed by atoms with E-state index in [1.807, 2.05) is 6.92 Å². The van der Waals surface area contributed by atoms with Gasteiger partial charge >= 0.3 is 0 Å². The van der Waals surface area contributed by atoms with Crippen LogP contribution in [0, 0.1) is 13.8 Å². The summed E-state index contributed by atoms with van der Waals surface area (Å²) < 4.78 is 0. The summed E-state index contributed by atoms with van der Waals surface area (Å²) in [6.07, 6.45) is 8.27. The Kier molecular flexibility index (Phi) is 4.93. The first-order valence-corrected chi connectivity index (χ1v) is 8.71. The number of hydrogen-bond donors (Lipinski definition) is 0. The molecule has 2 aromatic rings. The number of piperidine rings is 1. The number of aromatic nitrogens is 2. The number of benzene rings is 1. The highest BCUT2D eigenvalue weighted by atomic mass is 16.2. The Morgan fingerprint density at radius 2 is 1.96 bits per heavy atom. The van der Waals surface area contributed by atoms with Crippen LogP contribution in [0.15, 0.2) is 36.9 Å². The molecule has 126 valence electrons. The Labute approximate surface area is 143 Å². The molecule has 24 heavy (non-hydrogen) atoms. The zero-order valence-corrected chi connectivity index (χ0v) is 14.7. The fourth-order valence-electron chi connectivity index (χ4n) is 3.58. The van der Waals surface area contributed by atoms with Crippen LogP contribution in [0.3, 0.4) is 0 Å². The van der Waals surface area contributed by atoms with Gasteiger partial charge in [-0.1, -0.05) is 18.2 Å². The fourth-order valence-corrected chi connectivity index (χ4v) is 3.58. The van der Waals surface area contributed by atoms with Gasteiger partial charge in [0.15, 0.2) is 0 Å². The topological polar surface area (TPSA) is 46.1 Å². The molecule has 0 spiro atoms. The molecule has 0 bridgehead atoms. The van der Waals surface area contributed by atoms with Gasteiger partial charge in [0.05, 0.1) is 12.0 Å². The number of nitrogens with zero attached hydrogens (tertiary/aromatic N) is 3. The van der Waals surface area contributed by atoms with Crippen molar-refractivity contribution >= 4 is 5.91 Å². The van der Waals surface area contributed by atoms with Crippen molar-refractivity contribution in [3.63, 3.8) is 0 Å². The molecule has 3 rings (SSSR count). The van der Waals surface area contributed by atoms with Gasteiger partial charge in [-0.05, 0) is 56.7 Å². The first kappa shape index (κ1) is 16.6. The van der Waals surface area contributed by atoms with Gasteiger partial charge in [0, 0.05) is 24.5 Å². The lowest BCUT2D eigenvalue weighted by atomic mass is 9.89. The van der Waals surface area contributed by atoms with Crippen LogP contribution in [-0.4, -0.2) is 27.3 Å². The molecule has 1 fully saturated rings. The molecule has 1 saturated heterocycles. The monoisotopic (exact) mass is 323 g/mol. The normalized spacial score (nSPS) is 19.1. The Hall–Kier alpha value is -2.23. The Balaban J connectivity index is 1.89. The summed E-state index contributed by atoms with van der Waals surface area (Å²) >= 11 is 0. The van der Waals surface area contributed by atoms with E-state index < -0.39 is 0 Å². The minimum absolute atomic E-state index is 0.176. The van der Waals surface area contributed by atoms with Crippen molar-refractivity contribution in [1.82, 2.24) is 14.9 Å². The SMILES string of the molecule is Cc1cccc(C2CCCCN2C(=O)C(C)c2cncnc2)c1C. The van der Waals surface area contributed by atoms with Crippen molar-refractivity contribution in [2.45, 2.75) is 52.0 Å². The van der Waals surface area contributed by atoms with E-state index in [9.17, 15) is 4.79 Å². The van der Waals surface area contributed by atoms with E-state index in [0.29, 0.717) is 0 Å². The molecule has 0 aliphatic carbocycles. The van der Waals surface area contributed by atoms with Crippen LogP contribution in [-0.2, 0) is 4.79 Å². The number of aryl methyl sites for hydroxylation is 1. The predicted octanol–water partition coefficient (Wildman–Crippen LogP) is 3.95. The molecule has 1 amide bonds. The zero-order valence-electron chi connectivity index (χ0n) is 14.7. The highest BCUT2D eigenvalue weighted by molar-refractivity contribution is 5.83. The van der Waals surface area contributed by atoms with Gasteiger partial charge in [-0.25, -0.2) is 9.97 Å². The van der Waals surface area contributed by atoms with Crippen molar-refractivity contribution in [2.24, 2.45) is 0 Å². The van der Waals surface area contributed by atoms with Crippen LogP contribution in [0.25, 0.3) is 0 Å². The smallest absolute Gasteiger partial charge is 0.230 e. The van der Waals surface area contributed by atoms with Crippen molar-refractivity contribution in [2.75, 3.05) is 6.54 Å². The standard InChI is InChI=1S/C20H25N3O/c1-14-7-6-8-18(15(14)2)19-9-4-5-10-23(19)20(24)16(3)17-11-21-13-22-12-17/h6-8,11-13,16,19H,4-5,9-10H2,1-3H3. The van der Waals surface area contributed by atoms with E-state index in [1.54, 1.807) is 12.4 Å². The second-order valence-electron chi connectivity index (χ2n) is 6.73. The summed E-state index contributed by atoms with van der Waals surface area (Å²) in [5.41, 5.74) is 4.76. The van der Waals surface area contributed by atoms with E-state index in [-0.39, 0.29) is 17.9 Å². The zero-order chi connectivity index (χ0) is 17.1. The number of rotatable bonds is 3. The van der Waals surface area contributed by atoms with Gasteiger partial charge in [0.2, 0.25) is 5.91 Å². The van der Waals surface area contributed by atoms with Crippen LogP contribution in [0.5, 0.6) is 0 Å². The molecule has 1 aliphatic rings. The minimum Gasteiger partial charge on any atom is -0.335 e. The van der Waals surface area contributed by atoms with E-state index >= 15 is 0 Å². The summed E-state index contributed by atoms with van der Waals surface area (Å²) in [4.78, 5) is 23.3. The lowest BCUT2D eigenvalue weighted by molar-refractivity contribution is -0.136. The molecule has 4 nitrogen and oxygen atoms in total. The lowest BCUT2D eigenvalue weighted by Gasteiger charge is -2.38. The van der Waals surface area contributed by atoms with Crippen molar-refractivity contribution in [3.8, 4) is 0 Å².